The van der Waals surface area contributed by atoms with Gasteiger partial charge in [0.1, 0.15) is 17.0 Å². The van der Waals surface area contributed by atoms with Gasteiger partial charge in [-0.1, -0.05) is 12.1 Å². The molecule has 0 unspecified atom stereocenters. The molecule has 1 N–H and O–H groups in total. The molecule has 4 heteroatoms. The summed E-state index contributed by atoms with van der Waals surface area (Å²) in [7, 11) is 1.65. The normalized spacial score (nSPS) is 16.2. The number of benzene rings is 1. The quantitative estimate of drug-likeness (QED) is 0.927. The van der Waals surface area contributed by atoms with E-state index in [2.05, 4.69) is 16.0 Å². The Kier molecular flexibility index (Phi) is 2.98. The molecule has 0 atom stereocenters. The molecule has 1 saturated carbocycles. The Morgan fingerprint density at radius 2 is 2.20 bits per heavy atom. The zero-order valence-electron chi connectivity index (χ0n) is 11.7. The summed E-state index contributed by atoms with van der Waals surface area (Å²) in [5.41, 5.74) is 2.51. The number of nitriles is 1. The summed E-state index contributed by atoms with van der Waals surface area (Å²) in [6.07, 6.45) is 2.89. The zero-order valence-corrected chi connectivity index (χ0v) is 11.7. The number of aromatic amines is 1. The van der Waals surface area contributed by atoms with E-state index in [1.807, 2.05) is 31.2 Å². The van der Waals surface area contributed by atoms with Gasteiger partial charge >= 0.3 is 0 Å². The molecule has 0 amide bonds. The molecule has 0 saturated heterocycles. The fourth-order valence-electron chi connectivity index (χ4n) is 2.67. The van der Waals surface area contributed by atoms with Crippen LogP contribution in [0.15, 0.2) is 24.3 Å². The number of nitrogens with zero attached hydrogens (tertiary/aromatic N) is 2. The van der Waals surface area contributed by atoms with E-state index in [9.17, 15) is 5.26 Å². The third-order valence-electron chi connectivity index (χ3n) is 4.10. The number of hydrogen-bond donors (Lipinski definition) is 1. The molecule has 2 aromatic rings. The predicted octanol–water partition coefficient (Wildman–Crippen LogP) is 3.34. The van der Waals surface area contributed by atoms with Crippen molar-refractivity contribution in [2.45, 2.75) is 31.6 Å². The van der Waals surface area contributed by atoms with Crippen molar-refractivity contribution in [3.8, 4) is 23.1 Å². The van der Waals surface area contributed by atoms with E-state index in [1.54, 1.807) is 7.11 Å². The minimum absolute atomic E-state index is 0.401. The molecule has 20 heavy (non-hydrogen) atoms. The Balaban J connectivity index is 2.03. The predicted molar refractivity (Wildman–Crippen MR) is 76.5 cm³/mol. The lowest BCUT2D eigenvalue weighted by molar-refractivity contribution is 0.309. The highest BCUT2D eigenvalue weighted by Gasteiger charge is 2.42. The van der Waals surface area contributed by atoms with Gasteiger partial charge in [0.25, 0.3) is 0 Å². The molecule has 102 valence electrons. The molecule has 3 rings (SSSR count). The number of imidazole rings is 1. The first-order valence-corrected chi connectivity index (χ1v) is 6.81. The molecule has 1 heterocycles. The number of ether oxygens (including phenoxy) is 1. The molecule has 0 bridgehead atoms. The third kappa shape index (κ3) is 1.87. The van der Waals surface area contributed by atoms with Crippen LogP contribution in [0.1, 0.15) is 30.8 Å². The van der Waals surface area contributed by atoms with E-state index in [-0.39, 0.29) is 0 Å². The fraction of sp³-hybridized carbons (Fsp3) is 0.375. The highest BCUT2D eigenvalue weighted by atomic mass is 16.5. The van der Waals surface area contributed by atoms with E-state index in [4.69, 9.17) is 4.74 Å². The van der Waals surface area contributed by atoms with Crippen molar-refractivity contribution in [3.05, 3.63) is 35.8 Å². The van der Waals surface area contributed by atoms with Crippen molar-refractivity contribution in [2.24, 2.45) is 0 Å². The van der Waals surface area contributed by atoms with Gasteiger partial charge in [-0.25, -0.2) is 4.98 Å². The summed E-state index contributed by atoms with van der Waals surface area (Å²) >= 11 is 0. The van der Waals surface area contributed by atoms with E-state index in [1.165, 1.54) is 0 Å². The third-order valence-corrected chi connectivity index (χ3v) is 4.10. The summed E-state index contributed by atoms with van der Waals surface area (Å²) in [5, 5.41) is 9.41. The SMILES string of the molecule is COc1cccc(-c2nc(C3(C#N)CCC3)[nH]c2C)c1. The lowest BCUT2D eigenvalue weighted by Gasteiger charge is -2.32. The van der Waals surface area contributed by atoms with Crippen LogP contribution < -0.4 is 4.74 Å². The van der Waals surface area contributed by atoms with Crippen molar-refractivity contribution in [1.29, 1.82) is 5.26 Å². The van der Waals surface area contributed by atoms with Gasteiger partial charge in [0.2, 0.25) is 0 Å². The van der Waals surface area contributed by atoms with Crippen LogP contribution in [0.5, 0.6) is 5.75 Å². The van der Waals surface area contributed by atoms with Crippen molar-refractivity contribution in [2.75, 3.05) is 7.11 Å². The molecule has 4 nitrogen and oxygen atoms in total. The smallest absolute Gasteiger partial charge is 0.127 e. The van der Waals surface area contributed by atoms with Gasteiger partial charge in [-0.2, -0.15) is 5.26 Å². The van der Waals surface area contributed by atoms with Crippen LogP contribution in [0.3, 0.4) is 0 Å². The number of aromatic nitrogens is 2. The lowest BCUT2D eigenvalue weighted by atomic mass is 9.69. The molecule has 1 fully saturated rings. The number of nitrogens with one attached hydrogen (secondary N) is 1. The minimum atomic E-state index is -0.401. The van der Waals surface area contributed by atoms with Crippen molar-refractivity contribution in [1.82, 2.24) is 9.97 Å². The van der Waals surface area contributed by atoms with Gasteiger partial charge < -0.3 is 9.72 Å². The molecular weight excluding hydrogens is 250 g/mol. The second-order valence-electron chi connectivity index (χ2n) is 5.34. The number of methoxy groups -OCH3 is 1. The molecule has 0 aliphatic heterocycles. The van der Waals surface area contributed by atoms with Crippen molar-refractivity contribution < 1.29 is 4.74 Å². The van der Waals surface area contributed by atoms with Gasteiger partial charge in [-0.15, -0.1) is 0 Å². The first-order chi connectivity index (χ1) is 9.68. The first-order valence-electron chi connectivity index (χ1n) is 6.81. The average molecular weight is 267 g/mol. The van der Waals surface area contributed by atoms with Gasteiger partial charge in [0.15, 0.2) is 0 Å². The average Bonchev–Trinajstić information content (AvgIpc) is 2.81. The van der Waals surface area contributed by atoms with Gasteiger partial charge in [-0.05, 0) is 38.3 Å². The highest BCUT2D eigenvalue weighted by Crippen LogP contribution is 2.42. The van der Waals surface area contributed by atoms with Crippen LogP contribution in [-0.2, 0) is 5.41 Å². The Morgan fingerprint density at radius 1 is 1.40 bits per heavy atom. The number of H-pyrrole nitrogens is 1. The van der Waals surface area contributed by atoms with Gasteiger partial charge in [-0.3, -0.25) is 0 Å². The number of aryl methyl sites for hydroxylation is 1. The summed E-state index contributed by atoms with van der Waals surface area (Å²) < 4.78 is 5.25. The fourth-order valence-corrected chi connectivity index (χ4v) is 2.67. The van der Waals surface area contributed by atoms with Crippen LogP contribution >= 0.6 is 0 Å². The molecule has 0 radical (unpaired) electrons. The lowest BCUT2D eigenvalue weighted by Crippen LogP contribution is -2.33. The van der Waals surface area contributed by atoms with Crippen molar-refractivity contribution in [3.63, 3.8) is 0 Å². The Bertz CT molecular complexity index is 677. The maximum atomic E-state index is 9.41. The number of rotatable bonds is 3. The Labute approximate surface area is 118 Å². The first kappa shape index (κ1) is 12.7. The van der Waals surface area contributed by atoms with E-state index in [0.717, 1.165) is 47.8 Å². The maximum absolute atomic E-state index is 9.41. The van der Waals surface area contributed by atoms with E-state index >= 15 is 0 Å². The van der Waals surface area contributed by atoms with Crippen LogP contribution in [0.4, 0.5) is 0 Å². The van der Waals surface area contributed by atoms with Crippen LogP contribution in [0.2, 0.25) is 0 Å². The summed E-state index contributed by atoms with van der Waals surface area (Å²) in [6, 6.07) is 10.3. The second kappa shape index (κ2) is 4.68. The molecule has 1 aliphatic rings. The maximum Gasteiger partial charge on any atom is 0.127 e. The largest absolute Gasteiger partial charge is 0.497 e. The zero-order chi connectivity index (χ0) is 14.2. The molecule has 1 aliphatic carbocycles. The summed E-state index contributed by atoms with van der Waals surface area (Å²) in [6.45, 7) is 2.00. The van der Waals surface area contributed by atoms with Crippen LogP contribution in [0, 0.1) is 18.3 Å². The monoisotopic (exact) mass is 267 g/mol. The number of hydrogen-bond acceptors (Lipinski definition) is 3. The van der Waals surface area contributed by atoms with E-state index < -0.39 is 5.41 Å². The second-order valence-corrected chi connectivity index (χ2v) is 5.34. The van der Waals surface area contributed by atoms with Gasteiger partial charge in [0, 0.05) is 11.3 Å². The topological polar surface area (TPSA) is 61.7 Å². The Morgan fingerprint density at radius 3 is 2.80 bits per heavy atom. The van der Waals surface area contributed by atoms with Gasteiger partial charge in [0.05, 0.1) is 18.9 Å². The summed E-state index contributed by atoms with van der Waals surface area (Å²) in [4.78, 5) is 7.99. The van der Waals surface area contributed by atoms with Crippen LogP contribution in [-0.4, -0.2) is 17.1 Å². The van der Waals surface area contributed by atoms with Crippen LogP contribution in [0.25, 0.3) is 11.3 Å². The van der Waals surface area contributed by atoms with E-state index in [0.29, 0.717) is 0 Å². The summed E-state index contributed by atoms with van der Waals surface area (Å²) in [5.74, 6) is 1.62. The Hall–Kier alpha value is -2.28. The molecular formula is C16H17N3O. The van der Waals surface area contributed by atoms with Crippen molar-refractivity contribution >= 4 is 0 Å². The minimum Gasteiger partial charge on any atom is -0.497 e. The molecule has 1 aromatic heterocycles. The molecule has 1 aromatic carbocycles. The standard InChI is InChI=1S/C16H17N3O/c1-11-14(12-5-3-6-13(9-12)20-2)19-15(18-11)16(10-17)7-4-8-16/h3,5-6,9H,4,7-8H2,1-2H3,(H,18,19). The highest BCUT2D eigenvalue weighted by molar-refractivity contribution is 5.64. The molecule has 0 spiro atoms.